The molecule has 2 rings (SSSR count). The molecule has 1 N–H and O–H groups in total. The minimum atomic E-state index is -0.862. The van der Waals surface area contributed by atoms with Crippen LogP contribution in [0, 0.1) is 5.92 Å². The van der Waals surface area contributed by atoms with Crippen molar-refractivity contribution in [3.8, 4) is 0 Å². The third-order valence-corrected chi connectivity index (χ3v) is 4.23. The fourth-order valence-electron chi connectivity index (χ4n) is 2.92. The number of carboxylic acids is 1. The Labute approximate surface area is 120 Å². The van der Waals surface area contributed by atoms with E-state index in [9.17, 15) is 9.59 Å². The van der Waals surface area contributed by atoms with Crippen molar-refractivity contribution >= 4 is 11.9 Å². The van der Waals surface area contributed by atoms with Crippen molar-refractivity contribution in [3.63, 3.8) is 0 Å². The van der Waals surface area contributed by atoms with Crippen molar-refractivity contribution in [1.82, 2.24) is 9.80 Å². The monoisotopic (exact) mass is 282 g/mol. The zero-order valence-corrected chi connectivity index (χ0v) is 12.5. The van der Waals surface area contributed by atoms with Crippen molar-refractivity contribution in [2.45, 2.75) is 58.0 Å². The molecule has 2 fully saturated rings. The van der Waals surface area contributed by atoms with E-state index in [1.165, 1.54) is 12.8 Å². The third kappa shape index (κ3) is 4.20. The Morgan fingerprint density at radius 1 is 1.20 bits per heavy atom. The van der Waals surface area contributed by atoms with Gasteiger partial charge in [0.2, 0.25) is 5.91 Å². The van der Waals surface area contributed by atoms with E-state index in [0.29, 0.717) is 24.5 Å². The van der Waals surface area contributed by atoms with Crippen molar-refractivity contribution in [3.05, 3.63) is 0 Å². The molecule has 0 spiro atoms. The molecule has 0 radical (unpaired) electrons. The molecule has 2 aliphatic rings. The number of nitrogens with zero attached hydrogens (tertiary/aromatic N) is 2. The Morgan fingerprint density at radius 3 is 2.30 bits per heavy atom. The van der Waals surface area contributed by atoms with Gasteiger partial charge in [0.25, 0.3) is 0 Å². The van der Waals surface area contributed by atoms with Crippen LogP contribution in [0.1, 0.15) is 46.0 Å². The topological polar surface area (TPSA) is 60.9 Å². The predicted molar refractivity (Wildman–Crippen MR) is 76.4 cm³/mol. The molecule has 1 unspecified atom stereocenters. The lowest BCUT2D eigenvalue weighted by Gasteiger charge is -2.31. The van der Waals surface area contributed by atoms with E-state index >= 15 is 0 Å². The normalized spacial score (nSPS) is 19.9. The zero-order valence-electron chi connectivity index (χ0n) is 12.5. The summed E-state index contributed by atoms with van der Waals surface area (Å²) in [5, 5.41) is 8.92. The summed E-state index contributed by atoms with van der Waals surface area (Å²) in [5.41, 5.74) is 0. The van der Waals surface area contributed by atoms with Crippen LogP contribution in [0.5, 0.6) is 0 Å². The van der Waals surface area contributed by atoms with Crippen LogP contribution in [-0.2, 0) is 9.59 Å². The number of amides is 1. The van der Waals surface area contributed by atoms with E-state index in [-0.39, 0.29) is 19.0 Å². The second-order valence-corrected chi connectivity index (χ2v) is 6.21. The number of aliphatic carboxylic acids is 1. The summed E-state index contributed by atoms with van der Waals surface area (Å²) < 4.78 is 0. The van der Waals surface area contributed by atoms with Crippen molar-refractivity contribution in [1.29, 1.82) is 0 Å². The Hall–Kier alpha value is -1.10. The van der Waals surface area contributed by atoms with Gasteiger partial charge in [0, 0.05) is 12.1 Å². The van der Waals surface area contributed by atoms with Crippen LogP contribution in [0.3, 0.4) is 0 Å². The maximum Gasteiger partial charge on any atom is 0.317 e. The Morgan fingerprint density at radius 2 is 1.85 bits per heavy atom. The van der Waals surface area contributed by atoms with Crippen LogP contribution in [0.15, 0.2) is 0 Å². The molecule has 1 atom stereocenters. The van der Waals surface area contributed by atoms with Gasteiger partial charge in [-0.1, -0.05) is 6.92 Å². The van der Waals surface area contributed by atoms with Gasteiger partial charge < -0.3 is 10.0 Å². The molecular formula is C15H26N2O3. The first-order chi connectivity index (χ1) is 9.52. The summed E-state index contributed by atoms with van der Waals surface area (Å²) in [6.45, 7) is 5.01. The predicted octanol–water partition coefficient (Wildman–Crippen LogP) is 1.57. The molecule has 1 amide bonds. The number of hydrogen-bond acceptors (Lipinski definition) is 3. The minimum absolute atomic E-state index is 0.0457. The summed E-state index contributed by atoms with van der Waals surface area (Å²) in [6, 6.07) is 0.731. The molecule has 0 aromatic heterocycles. The van der Waals surface area contributed by atoms with Crippen molar-refractivity contribution in [2.24, 2.45) is 5.92 Å². The Balaban J connectivity index is 1.93. The van der Waals surface area contributed by atoms with Gasteiger partial charge >= 0.3 is 5.97 Å². The molecule has 20 heavy (non-hydrogen) atoms. The smallest absolute Gasteiger partial charge is 0.317 e. The summed E-state index contributed by atoms with van der Waals surface area (Å²) in [4.78, 5) is 27.2. The highest BCUT2D eigenvalue weighted by atomic mass is 16.4. The van der Waals surface area contributed by atoms with Gasteiger partial charge in [-0.25, -0.2) is 0 Å². The SMILES string of the molecule is CCCN(CC(=O)O)CC(=O)N(C1CC1)C(C)C1CC1. The molecule has 114 valence electrons. The maximum absolute atomic E-state index is 12.6. The number of carbonyl (C=O) groups is 2. The van der Waals surface area contributed by atoms with E-state index in [2.05, 4.69) is 6.92 Å². The molecule has 5 nitrogen and oxygen atoms in total. The van der Waals surface area contributed by atoms with Crippen LogP contribution in [0.2, 0.25) is 0 Å². The molecule has 0 bridgehead atoms. The number of rotatable bonds is 9. The summed E-state index contributed by atoms with van der Waals surface area (Å²) >= 11 is 0. The number of hydrogen-bond donors (Lipinski definition) is 1. The zero-order chi connectivity index (χ0) is 14.7. The lowest BCUT2D eigenvalue weighted by atomic mass is 10.1. The molecule has 2 saturated carbocycles. The number of carbonyl (C=O) groups excluding carboxylic acids is 1. The fourth-order valence-corrected chi connectivity index (χ4v) is 2.92. The molecule has 0 aromatic rings. The van der Waals surface area contributed by atoms with E-state index in [0.717, 1.165) is 19.3 Å². The highest BCUT2D eigenvalue weighted by molar-refractivity contribution is 5.80. The molecule has 0 aliphatic heterocycles. The highest BCUT2D eigenvalue weighted by Crippen LogP contribution is 2.39. The van der Waals surface area contributed by atoms with Gasteiger partial charge in [-0.05, 0) is 51.5 Å². The molecule has 0 aromatic carbocycles. The molecule has 0 heterocycles. The van der Waals surface area contributed by atoms with E-state index in [1.807, 2.05) is 11.8 Å². The Bertz CT molecular complexity index is 364. The average Bonchev–Trinajstić information content (AvgIpc) is 3.22. The third-order valence-electron chi connectivity index (χ3n) is 4.23. The lowest BCUT2D eigenvalue weighted by Crippen LogP contribution is -2.47. The molecule has 5 heteroatoms. The van der Waals surface area contributed by atoms with Gasteiger partial charge in [0.15, 0.2) is 0 Å². The summed E-state index contributed by atoms with van der Waals surface area (Å²) in [7, 11) is 0. The van der Waals surface area contributed by atoms with E-state index in [1.54, 1.807) is 4.90 Å². The van der Waals surface area contributed by atoms with E-state index in [4.69, 9.17) is 5.11 Å². The summed E-state index contributed by atoms with van der Waals surface area (Å²) in [5.74, 6) is -0.0836. The second kappa shape index (κ2) is 6.57. The standard InChI is InChI=1S/C15H26N2O3/c1-3-8-16(10-15(19)20)9-14(18)17(13-6-7-13)11(2)12-4-5-12/h11-13H,3-10H2,1-2H3,(H,19,20). The molecular weight excluding hydrogens is 256 g/mol. The number of carboxylic acid groups (broad SMARTS) is 1. The van der Waals surface area contributed by atoms with Crippen LogP contribution in [0.25, 0.3) is 0 Å². The Kier molecular flexibility index (Phi) is 5.02. The van der Waals surface area contributed by atoms with Crippen LogP contribution >= 0.6 is 0 Å². The lowest BCUT2D eigenvalue weighted by molar-refractivity contribution is -0.140. The average molecular weight is 282 g/mol. The van der Waals surface area contributed by atoms with Crippen molar-refractivity contribution < 1.29 is 14.7 Å². The largest absolute Gasteiger partial charge is 0.480 e. The summed E-state index contributed by atoms with van der Waals surface area (Å²) in [6.07, 6.45) is 5.53. The van der Waals surface area contributed by atoms with E-state index < -0.39 is 5.97 Å². The van der Waals surface area contributed by atoms with Crippen LogP contribution in [-0.4, -0.2) is 58.5 Å². The first-order valence-corrected chi connectivity index (χ1v) is 7.78. The quantitative estimate of drug-likeness (QED) is 0.697. The van der Waals surface area contributed by atoms with Gasteiger partial charge in [0.05, 0.1) is 13.1 Å². The van der Waals surface area contributed by atoms with Crippen LogP contribution < -0.4 is 0 Å². The first-order valence-electron chi connectivity index (χ1n) is 7.78. The van der Waals surface area contributed by atoms with Gasteiger partial charge in [-0.15, -0.1) is 0 Å². The second-order valence-electron chi connectivity index (χ2n) is 6.21. The van der Waals surface area contributed by atoms with Gasteiger partial charge in [-0.2, -0.15) is 0 Å². The molecule has 2 aliphatic carbocycles. The van der Waals surface area contributed by atoms with Crippen LogP contribution in [0.4, 0.5) is 0 Å². The first kappa shape index (κ1) is 15.3. The highest BCUT2D eigenvalue weighted by Gasteiger charge is 2.41. The van der Waals surface area contributed by atoms with Gasteiger partial charge in [-0.3, -0.25) is 14.5 Å². The molecule has 0 saturated heterocycles. The minimum Gasteiger partial charge on any atom is -0.480 e. The fraction of sp³-hybridized carbons (Fsp3) is 0.867. The van der Waals surface area contributed by atoms with Crippen molar-refractivity contribution in [2.75, 3.05) is 19.6 Å². The maximum atomic E-state index is 12.6. The van der Waals surface area contributed by atoms with Gasteiger partial charge in [0.1, 0.15) is 0 Å².